The Morgan fingerprint density at radius 3 is 1.20 bits per heavy atom. The summed E-state index contributed by atoms with van der Waals surface area (Å²) in [4.78, 5) is 6.22. The molecule has 2 aliphatic rings. The molecule has 0 aromatic heterocycles. The van der Waals surface area contributed by atoms with Gasteiger partial charge in [-0.15, -0.1) is 0 Å². The van der Waals surface area contributed by atoms with Crippen molar-refractivity contribution in [2.75, 3.05) is 24.6 Å². The highest BCUT2D eigenvalue weighted by Gasteiger charge is 2.37. The van der Waals surface area contributed by atoms with E-state index in [0.29, 0.717) is 0 Å². The summed E-state index contributed by atoms with van der Waals surface area (Å²) in [6.45, 7) is 1.79. The molecule has 0 atom stereocenters. The van der Waals surface area contributed by atoms with Gasteiger partial charge in [-0.25, -0.2) is 0 Å². The molecule has 2 aromatic carbocycles. The zero-order chi connectivity index (χ0) is 28.6. The first kappa shape index (κ1) is 32.5. The Morgan fingerprint density at radius 2 is 0.900 bits per heavy atom. The molecule has 2 fully saturated rings. The number of hydrogen-bond donors (Lipinski definition) is 4. The molecule has 0 spiro atoms. The van der Waals surface area contributed by atoms with Gasteiger partial charge in [-0.3, -0.25) is 0 Å². The van der Waals surface area contributed by atoms with Gasteiger partial charge in [0.15, 0.2) is 0 Å². The van der Waals surface area contributed by atoms with E-state index in [2.05, 4.69) is 83.6 Å². The molecule has 0 radical (unpaired) electrons. The van der Waals surface area contributed by atoms with Crippen molar-refractivity contribution >= 4 is 84.9 Å². The van der Waals surface area contributed by atoms with Crippen LogP contribution in [0, 0.1) is 0 Å². The number of nitrogens with zero attached hydrogens (tertiary/aromatic N) is 2. The van der Waals surface area contributed by atoms with Crippen LogP contribution in [0.2, 0.25) is 0 Å². The number of thiocarbonyl (C=S) groups is 2. The van der Waals surface area contributed by atoms with Gasteiger partial charge in [0.1, 0.15) is 9.98 Å². The van der Waals surface area contributed by atoms with Gasteiger partial charge in [0.2, 0.25) is 0 Å². The molecule has 0 unspecified atom stereocenters. The molecule has 2 aliphatic carbocycles. The molecule has 0 saturated heterocycles. The maximum Gasteiger partial charge on any atom is 0.110 e. The van der Waals surface area contributed by atoms with Crippen molar-refractivity contribution in [3.63, 3.8) is 0 Å². The van der Waals surface area contributed by atoms with Crippen molar-refractivity contribution in [2.45, 2.75) is 86.8 Å². The van der Waals surface area contributed by atoms with Crippen LogP contribution in [0.25, 0.3) is 11.1 Å². The zero-order valence-electron chi connectivity index (χ0n) is 23.4. The monoisotopic (exact) mass is 648 g/mol. The van der Waals surface area contributed by atoms with Gasteiger partial charge in [-0.1, -0.05) is 111 Å². The fraction of sp³-hybridized carbons (Fsp3) is 0.562. The van der Waals surface area contributed by atoms with Crippen LogP contribution in [0.1, 0.15) is 88.2 Å². The Labute approximate surface area is 275 Å². The molecule has 0 amide bonds. The molecule has 0 bridgehead atoms. The second-order valence-corrected chi connectivity index (χ2v) is 14.6. The van der Waals surface area contributed by atoms with E-state index in [1.165, 1.54) is 49.7 Å². The maximum absolute atomic E-state index is 6.05. The average molecular weight is 649 g/mol. The summed E-state index contributed by atoms with van der Waals surface area (Å²) in [5.74, 6) is 1.70. The topological polar surface area (TPSA) is 6.48 Å². The van der Waals surface area contributed by atoms with Crippen molar-refractivity contribution in [3.05, 3.63) is 59.7 Å². The first-order chi connectivity index (χ1) is 19.3. The maximum atomic E-state index is 6.05. The van der Waals surface area contributed by atoms with Crippen molar-refractivity contribution in [1.82, 2.24) is 9.80 Å². The van der Waals surface area contributed by atoms with E-state index in [0.717, 1.165) is 84.2 Å². The minimum atomic E-state index is -0.158. The van der Waals surface area contributed by atoms with E-state index in [-0.39, 0.29) is 9.74 Å². The number of thiol groups is 4. The van der Waals surface area contributed by atoms with Crippen molar-refractivity contribution in [1.29, 1.82) is 0 Å². The van der Waals surface area contributed by atoms with Crippen molar-refractivity contribution in [2.24, 2.45) is 0 Å². The highest BCUT2D eigenvalue weighted by atomic mass is 32.1. The summed E-state index contributed by atoms with van der Waals surface area (Å²) < 4.78 is 0. The van der Waals surface area contributed by atoms with Gasteiger partial charge in [-0.05, 0) is 61.2 Å². The minimum absolute atomic E-state index is 0.158. The first-order valence-corrected chi connectivity index (χ1v) is 17.8. The van der Waals surface area contributed by atoms with E-state index in [4.69, 9.17) is 49.7 Å². The van der Waals surface area contributed by atoms with Crippen molar-refractivity contribution < 1.29 is 0 Å². The van der Waals surface area contributed by atoms with Gasteiger partial charge in [-0.2, -0.15) is 50.5 Å². The van der Waals surface area contributed by atoms with E-state index in [1.54, 1.807) is 0 Å². The predicted molar refractivity (Wildman–Crippen MR) is 195 cm³/mol. The average Bonchev–Trinajstić information content (AvgIpc) is 2.98. The van der Waals surface area contributed by atoms with Crippen LogP contribution >= 0.6 is 75.0 Å². The third kappa shape index (κ3) is 7.96. The molecule has 2 saturated carbocycles. The fourth-order valence-electron chi connectivity index (χ4n) is 6.15. The second-order valence-electron chi connectivity index (χ2n) is 11.3. The third-order valence-corrected chi connectivity index (χ3v) is 11.4. The van der Waals surface area contributed by atoms with Crippen LogP contribution in [-0.2, 0) is 0 Å². The lowest BCUT2D eigenvalue weighted by molar-refractivity contribution is 0.216. The molecular formula is C32H44N2S6. The number of hydrogen-bond acceptors (Lipinski definition) is 6. The molecule has 2 aromatic rings. The van der Waals surface area contributed by atoms with Crippen LogP contribution < -0.4 is 0 Å². The molecule has 4 rings (SSSR count). The summed E-state index contributed by atoms with van der Waals surface area (Å²) in [5, 5.41) is 0. The standard InChI is InChI=1S/C32H44N2S6/c35-23-7-21-33(31(39)17-3-1-4-18-31)29(37)27-13-9-25(10-14-27)26-11-15-28(16-12-26)30(38)34(22-8-24-36)32(40)19-5-2-6-20-32/h9-16,35-36,39-40H,1-8,17-24H2. The Hall–Kier alpha value is -0.380. The molecule has 218 valence electrons. The smallest absolute Gasteiger partial charge is 0.110 e. The summed E-state index contributed by atoms with van der Waals surface area (Å²) in [6, 6.07) is 17.4. The molecule has 2 nitrogen and oxygen atoms in total. The lowest BCUT2D eigenvalue weighted by Crippen LogP contribution is -2.49. The quantitative estimate of drug-likeness (QED) is 0.110. The molecule has 8 heteroatoms. The second kappa shape index (κ2) is 15.4. The van der Waals surface area contributed by atoms with Crippen molar-refractivity contribution in [3.8, 4) is 11.1 Å². The summed E-state index contributed by atoms with van der Waals surface area (Å²) in [5.41, 5.74) is 4.52. The Balaban J connectivity index is 1.49. The molecule has 0 N–H and O–H groups in total. The largest absolute Gasteiger partial charge is 0.348 e. The molecule has 0 aliphatic heterocycles. The third-order valence-electron chi connectivity index (χ3n) is 8.48. The summed E-state index contributed by atoms with van der Waals surface area (Å²) >= 11 is 31.4. The minimum Gasteiger partial charge on any atom is -0.348 e. The van der Waals surface area contributed by atoms with E-state index in [1.807, 2.05) is 0 Å². The van der Waals surface area contributed by atoms with Gasteiger partial charge in [0.05, 0.1) is 9.74 Å². The number of rotatable bonds is 11. The van der Waals surface area contributed by atoms with E-state index < -0.39 is 0 Å². The Morgan fingerprint density at radius 1 is 0.575 bits per heavy atom. The Kier molecular flexibility index (Phi) is 12.5. The van der Waals surface area contributed by atoms with Gasteiger partial charge in [0, 0.05) is 24.2 Å². The highest BCUT2D eigenvalue weighted by Crippen LogP contribution is 2.39. The lowest BCUT2D eigenvalue weighted by Gasteiger charge is -2.45. The van der Waals surface area contributed by atoms with Gasteiger partial charge in [0.25, 0.3) is 0 Å². The van der Waals surface area contributed by atoms with Crippen LogP contribution in [-0.4, -0.2) is 54.1 Å². The first-order valence-electron chi connectivity index (χ1n) is 14.8. The summed E-state index contributed by atoms with van der Waals surface area (Å²) in [6.07, 6.45) is 13.7. The number of benzene rings is 2. The summed E-state index contributed by atoms with van der Waals surface area (Å²) in [7, 11) is 0. The van der Waals surface area contributed by atoms with E-state index >= 15 is 0 Å². The van der Waals surface area contributed by atoms with Crippen LogP contribution in [0.15, 0.2) is 48.5 Å². The van der Waals surface area contributed by atoms with Crippen LogP contribution in [0.5, 0.6) is 0 Å². The SMILES string of the molecule is S=C(c1ccc(-c2ccc(C(=S)N(CCCS)C3(S)CCCCC3)cc2)cc1)N(CCCS)C1(S)CCCCC1. The van der Waals surface area contributed by atoms with Gasteiger partial charge >= 0.3 is 0 Å². The van der Waals surface area contributed by atoms with Crippen LogP contribution in [0.4, 0.5) is 0 Å². The lowest BCUT2D eigenvalue weighted by atomic mass is 9.92. The fourth-order valence-corrected chi connectivity index (χ4v) is 8.41. The highest BCUT2D eigenvalue weighted by molar-refractivity contribution is 7.83. The molecular weight excluding hydrogens is 605 g/mol. The molecule has 40 heavy (non-hydrogen) atoms. The normalized spacial score (nSPS) is 18.2. The van der Waals surface area contributed by atoms with E-state index in [9.17, 15) is 0 Å². The Bertz CT molecular complexity index is 1020. The van der Waals surface area contributed by atoms with Gasteiger partial charge < -0.3 is 9.80 Å². The van der Waals surface area contributed by atoms with Crippen LogP contribution in [0.3, 0.4) is 0 Å². The zero-order valence-corrected chi connectivity index (χ0v) is 28.6. The predicted octanol–water partition coefficient (Wildman–Crippen LogP) is 9.13. The molecule has 0 heterocycles.